The number of hydrogen-bond donors (Lipinski definition) is 0. The molecule has 540 valence electrons. The first-order chi connectivity index (χ1) is 37.5. The molecule has 0 spiro atoms. The second-order valence-corrected chi connectivity index (χ2v) is 250. The van der Waals surface area contributed by atoms with E-state index in [0.29, 0.717) is 0 Å². The minimum absolute atomic E-state index is 0.242. The van der Waals surface area contributed by atoms with Crippen molar-refractivity contribution >= 4 is 130 Å². The van der Waals surface area contributed by atoms with Gasteiger partial charge in [-0.1, -0.05) is 406 Å². The molecule has 0 radical (unpaired) electrons. The van der Waals surface area contributed by atoms with Crippen LogP contribution in [0.15, 0.2) is 0 Å². The van der Waals surface area contributed by atoms with Gasteiger partial charge in [0, 0.05) is 116 Å². The predicted molar refractivity (Wildman–Crippen MR) is 481 cm³/mol. The van der Waals surface area contributed by atoms with Gasteiger partial charge in [-0.25, -0.2) is 0 Å². The Morgan fingerprint density at radius 1 is 0.111 bits per heavy atom. The molecule has 0 bridgehead atoms. The molecule has 0 unspecified atom stereocenters. The smallest absolute Gasteiger partial charge is 0.0429 e. The Bertz CT molecular complexity index is 1950. The summed E-state index contributed by atoms with van der Waals surface area (Å²) in [6.07, 6.45) is -11.6. The van der Waals surface area contributed by atoms with Gasteiger partial charge in [0.25, 0.3) is 0 Å². The minimum Gasteiger partial charge on any atom is -0.0713 e. The molecule has 0 heterocycles. The van der Waals surface area contributed by atoms with E-state index < -0.39 is 130 Å². The third kappa shape index (κ3) is 12.4. The van der Waals surface area contributed by atoms with E-state index in [1.807, 2.05) is 0 Å². The van der Waals surface area contributed by atoms with E-state index in [0.717, 1.165) is 0 Å². The Morgan fingerprint density at radius 2 is 0.156 bits per heavy atom. The Labute approximate surface area is 590 Å². The zero-order chi connectivity index (χ0) is 75.2. The molecule has 0 aliphatic rings. The van der Waals surface area contributed by atoms with Crippen LogP contribution in [0, 0.1) is 0 Å². The minimum atomic E-state index is -2.89. The normalized spacial score (nSPS) is 17.3. The number of hydrogen-bond acceptors (Lipinski definition) is 0. The van der Waals surface area contributed by atoms with Crippen LogP contribution in [0.2, 0.25) is 218 Å². The monoisotopic (exact) mass is 1550 g/mol. The molecule has 90 heavy (non-hydrogen) atoms. The molecule has 0 fully saturated rings. The van der Waals surface area contributed by atoms with Gasteiger partial charge in [0.2, 0.25) is 0 Å². The van der Waals surface area contributed by atoms with Crippen molar-refractivity contribution in [1.82, 2.24) is 0 Å². The maximum atomic E-state index is 3.40. The largest absolute Gasteiger partial charge is 0.0713 e. The Balaban J connectivity index is 16.9. The molecule has 0 nitrogen and oxygen atoms in total. The summed E-state index contributed by atoms with van der Waals surface area (Å²) in [5, 5.41) is 2.90. The lowest BCUT2D eigenvalue weighted by atomic mass is 10.2. The van der Waals surface area contributed by atoms with Crippen molar-refractivity contribution < 1.29 is 0 Å². The molecule has 0 aromatic heterocycles. The van der Waals surface area contributed by atoms with Crippen LogP contribution >= 0.6 is 0 Å². The molecular formula is C72H180Si18. The third-order valence-corrected chi connectivity index (χ3v) is 540. The molecule has 0 aliphatic heterocycles. The van der Waals surface area contributed by atoms with E-state index in [1.54, 1.807) is 0 Å². The molecule has 0 rings (SSSR count). The van der Waals surface area contributed by atoms with E-state index in [4.69, 9.17) is 0 Å². The van der Waals surface area contributed by atoms with Gasteiger partial charge in [0.1, 0.15) is 0 Å². The standard InChI is InChI=1S/C72H180Si18/c1-61(2,3)75(37,38)87(76(39,40)62(4,5)6,77(41,42)63(7,8)9)73(88(78(43,44)64(10,11)12,79(45,46)65(13,14)15)80(47,48)66(16,17)18)74(89(81(49,50)67(19,20)21,82(51,52)68(22,23)24)83(53,54)69(25,26)27)90(84(55,56)70(28,29)30,85(57,58)71(31,32)33)86(59,60)72(34,35)36/h1-60H3. The second-order valence-electron chi connectivity index (χ2n) is 50.2. The highest BCUT2D eigenvalue weighted by molar-refractivity contribution is 8.34. The van der Waals surface area contributed by atoms with Crippen LogP contribution < -0.4 is 0 Å². The summed E-state index contributed by atoms with van der Waals surface area (Å²) in [4.78, 5) is 0. The first-order valence-electron chi connectivity index (χ1n) is 37.2. The van der Waals surface area contributed by atoms with Crippen molar-refractivity contribution in [1.29, 1.82) is 0 Å². The summed E-state index contributed by atoms with van der Waals surface area (Å²) < 4.78 is 0. The average Bonchev–Trinajstić information content (AvgIpc) is 3.17. The van der Waals surface area contributed by atoms with E-state index in [9.17, 15) is 0 Å². The Hall–Kier alpha value is 3.90. The average molecular weight is 1550 g/mol. The molecule has 0 aromatic rings. The summed E-state index contributed by atoms with van der Waals surface area (Å²) in [6.45, 7) is 187. The van der Waals surface area contributed by atoms with Crippen molar-refractivity contribution in [2.75, 3.05) is 0 Å². The maximum absolute atomic E-state index is 3.40. The van der Waals surface area contributed by atoms with Crippen LogP contribution in [-0.4, -0.2) is 130 Å². The van der Waals surface area contributed by atoms with Crippen LogP contribution in [0.5, 0.6) is 0 Å². The molecule has 0 amide bonds. The van der Waals surface area contributed by atoms with Crippen molar-refractivity contribution in [3.63, 3.8) is 0 Å². The zero-order valence-corrected chi connectivity index (χ0v) is 93.0. The fourth-order valence-electron chi connectivity index (χ4n) is 21.2. The molecule has 0 aromatic carbocycles. The lowest BCUT2D eigenvalue weighted by Crippen LogP contribution is -3.11. The summed E-state index contributed by atoms with van der Waals surface area (Å²) >= 11 is 0. The highest BCUT2D eigenvalue weighted by Crippen LogP contribution is 2.71. The molecular weight excluding hydrogens is 1370 g/mol. The van der Waals surface area contributed by atoms with Gasteiger partial charge in [-0.05, 0) is 74.3 Å². The maximum Gasteiger partial charge on any atom is 0.0429 e. The highest BCUT2D eigenvalue weighted by Gasteiger charge is 2.90. The fraction of sp³-hybridized carbons (Fsp3) is 1.00. The quantitative estimate of drug-likeness (QED) is 0.135. The number of rotatable bonds is 16. The molecule has 0 saturated carbocycles. The van der Waals surface area contributed by atoms with Gasteiger partial charge in [0.15, 0.2) is 0 Å². The van der Waals surface area contributed by atoms with E-state index in [-0.39, 0.29) is 60.5 Å². The topological polar surface area (TPSA) is 0 Å². The van der Waals surface area contributed by atoms with Crippen molar-refractivity contribution in [3.05, 3.63) is 0 Å². The predicted octanol–water partition coefficient (Wildman–Crippen LogP) is 28.2. The van der Waals surface area contributed by atoms with Gasteiger partial charge in [-0.3, -0.25) is 0 Å². The Morgan fingerprint density at radius 3 is 0.189 bits per heavy atom. The molecule has 0 atom stereocenters. The second kappa shape index (κ2) is 24.8. The van der Waals surface area contributed by atoms with E-state index >= 15 is 0 Å². The molecule has 0 saturated heterocycles. The molecule has 0 aliphatic carbocycles. The highest BCUT2D eigenvalue weighted by atomic mass is 30.6. The first-order valence-corrected chi connectivity index (χ1v) is 101. The third-order valence-electron chi connectivity index (χ3n) is 35.5. The summed E-state index contributed by atoms with van der Waals surface area (Å²) in [5.74, 6) is 0. The summed E-state index contributed by atoms with van der Waals surface area (Å²) in [6, 6.07) is 0. The molecule has 0 N–H and O–H groups in total. The molecule has 18 heteroatoms. The Kier molecular flexibility index (Phi) is 25.9. The van der Waals surface area contributed by atoms with E-state index in [2.05, 4.69) is 406 Å². The fourth-order valence-corrected chi connectivity index (χ4v) is 1060. The van der Waals surface area contributed by atoms with Gasteiger partial charge < -0.3 is 0 Å². The van der Waals surface area contributed by atoms with Crippen molar-refractivity contribution in [2.45, 2.75) is 467 Å². The van der Waals surface area contributed by atoms with Gasteiger partial charge in [0.05, 0.1) is 0 Å². The first kappa shape index (κ1) is 93.9. The van der Waals surface area contributed by atoms with Crippen molar-refractivity contribution in [3.8, 4) is 0 Å². The van der Waals surface area contributed by atoms with Crippen LogP contribution in [0.3, 0.4) is 0 Å². The van der Waals surface area contributed by atoms with E-state index in [1.165, 1.54) is 0 Å². The van der Waals surface area contributed by atoms with Crippen molar-refractivity contribution in [2.24, 2.45) is 0 Å². The van der Waals surface area contributed by atoms with Crippen LogP contribution in [0.1, 0.15) is 249 Å². The van der Waals surface area contributed by atoms with Crippen LogP contribution in [0.4, 0.5) is 0 Å². The lowest BCUT2D eigenvalue weighted by molar-refractivity contribution is 0.718. The van der Waals surface area contributed by atoms with Gasteiger partial charge in [-0.15, -0.1) is 0 Å². The van der Waals surface area contributed by atoms with Gasteiger partial charge >= 0.3 is 0 Å². The summed E-state index contributed by atoms with van der Waals surface area (Å²) in [7, 11) is -30.5. The zero-order valence-electron chi connectivity index (χ0n) is 75.0. The van der Waals surface area contributed by atoms with Gasteiger partial charge in [-0.2, -0.15) is 0 Å². The SMILES string of the molecule is CC(C)(C)[Si](C)(C)[Si]([Si](=[Si]([Si]([Si](C)(C)C(C)(C)C)([Si](C)(C)C(C)(C)C)[Si](C)(C)C(C)(C)C)[Si]([Si](C)(C)C(C)(C)C)([Si](C)(C)C(C)(C)C)[Si](C)(C)C(C)(C)C)[Si]([Si](C)(C)C(C)(C)C)([Si](C)(C)C(C)(C)C)[Si](C)(C)C(C)(C)C)([Si](C)(C)C(C)(C)C)[Si](C)(C)C(C)(C)C. The van der Waals surface area contributed by atoms with Crippen LogP contribution in [-0.2, 0) is 0 Å². The lowest BCUT2D eigenvalue weighted by Gasteiger charge is -2.83. The summed E-state index contributed by atoms with van der Waals surface area (Å²) in [5.41, 5.74) is 0. The van der Waals surface area contributed by atoms with Crippen LogP contribution in [0.25, 0.3) is 0 Å².